The van der Waals surface area contributed by atoms with Crippen LogP contribution in [0.4, 0.5) is 10.6 Å². The molecule has 2 N–H and O–H groups in total. The summed E-state index contributed by atoms with van der Waals surface area (Å²) in [5.74, 6) is 0.787. The van der Waals surface area contributed by atoms with Crippen molar-refractivity contribution in [1.82, 2.24) is 24.0 Å². The van der Waals surface area contributed by atoms with Gasteiger partial charge in [-0.2, -0.15) is 0 Å². The van der Waals surface area contributed by atoms with Crippen molar-refractivity contribution in [3.05, 3.63) is 41.0 Å². The molecule has 1 fully saturated rings. The molecular weight excluding hydrogens is 296 g/mol. The average molecular weight is 314 g/mol. The SMILES string of the molecule is O=C(N1CCC(n2c3c([nH]c2=O)NCC=C3)CC1)n1ccnc1. The number of anilines is 1. The molecule has 1 saturated heterocycles. The topological polar surface area (TPSA) is 88.0 Å². The van der Waals surface area contributed by atoms with E-state index in [2.05, 4.69) is 15.3 Å². The lowest BCUT2D eigenvalue weighted by Crippen LogP contribution is -2.42. The predicted octanol–water partition coefficient (Wildman–Crippen LogP) is 1.12. The number of hydrogen-bond acceptors (Lipinski definition) is 4. The first-order valence-corrected chi connectivity index (χ1v) is 7.76. The number of imidazole rings is 2. The monoisotopic (exact) mass is 314 g/mol. The fourth-order valence-electron chi connectivity index (χ4n) is 3.30. The number of piperidine rings is 1. The molecule has 0 atom stereocenters. The molecule has 0 radical (unpaired) electrons. The van der Waals surface area contributed by atoms with Gasteiger partial charge in [-0.25, -0.2) is 14.6 Å². The lowest BCUT2D eigenvalue weighted by Gasteiger charge is -2.32. The number of nitrogens with one attached hydrogen (secondary N) is 2. The lowest BCUT2D eigenvalue weighted by atomic mass is 10.0. The fraction of sp³-hybridized carbons (Fsp3) is 0.400. The van der Waals surface area contributed by atoms with Gasteiger partial charge in [-0.15, -0.1) is 0 Å². The number of likely N-dealkylation sites (tertiary alicyclic amines) is 1. The molecule has 2 aromatic heterocycles. The van der Waals surface area contributed by atoms with E-state index in [1.165, 1.54) is 10.9 Å². The smallest absolute Gasteiger partial charge is 0.329 e. The lowest BCUT2D eigenvalue weighted by molar-refractivity contribution is 0.172. The summed E-state index contributed by atoms with van der Waals surface area (Å²) in [4.78, 5) is 33.1. The van der Waals surface area contributed by atoms with Crippen LogP contribution in [-0.4, -0.2) is 49.7 Å². The van der Waals surface area contributed by atoms with Gasteiger partial charge in [0, 0.05) is 38.1 Å². The Morgan fingerprint density at radius 2 is 2.13 bits per heavy atom. The molecule has 8 nitrogen and oxygen atoms in total. The third kappa shape index (κ3) is 2.36. The molecule has 0 aromatic carbocycles. The molecule has 2 aliphatic rings. The zero-order valence-corrected chi connectivity index (χ0v) is 12.6. The molecule has 2 aliphatic heterocycles. The standard InChI is InChI=1S/C15H18N6O2/c22-14-18-13-12(2-1-5-17-13)21(14)11-3-7-19(8-4-11)15(23)20-9-6-16-10-20/h1-2,6,9-11,17H,3-5,7-8H2,(H,18,22). The Morgan fingerprint density at radius 3 is 2.87 bits per heavy atom. The fourth-order valence-corrected chi connectivity index (χ4v) is 3.30. The van der Waals surface area contributed by atoms with Gasteiger partial charge in [0.2, 0.25) is 0 Å². The highest BCUT2D eigenvalue weighted by atomic mass is 16.2. The van der Waals surface area contributed by atoms with Crippen LogP contribution < -0.4 is 11.0 Å². The van der Waals surface area contributed by atoms with E-state index in [4.69, 9.17) is 0 Å². The first kappa shape index (κ1) is 13.9. The van der Waals surface area contributed by atoms with Gasteiger partial charge in [0.1, 0.15) is 12.1 Å². The second kappa shape index (κ2) is 5.45. The zero-order chi connectivity index (χ0) is 15.8. The number of aromatic nitrogens is 4. The molecule has 120 valence electrons. The number of amides is 1. The van der Waals surface area contributed by atoms with Crippen LogP contribution in [0.15, 0.2) is 29.6 Å². The molecule has 0 aliphatic carbocycles. The second-order valence-corrected chi connectivity index (χ2v) is 5.81. The van der Waals surface area contributed by atoms with Gasteiger partial charge in [0.15, 0.2) is 0 Å². The highest BCUT2D eigenvalue weighted by Gasteiger charge is 2.28. The Labute approximate surface area is 132 Å². The molecular formula is C15H18N6O2. The maximum atomic E-state index is 12.3. The van der Waals surface area contributed by atoms with Crippen molar-refractivity contribution in [2.24, 2.45) is 0 Å². The predicted molar refractivity (Wildman–Crippen MR) is 85.4 cm³/mol. The Morgan fingerprint density at radius 1 is 1.30 bits per heavy atom. The summed E-state index contributed by atoms with van der Waals surface area (Å²) in [5, 5.41) is 3.17. The van der Waals surface area contributed by atoms with Crippen LogP contribution in [0.3, 0.4) is 0 Å². The molecule has 0 unspecified atom stereocenters. The summed E-state index contributed by atoms with van der Waals surface area (Å²) in [7, 11) is 0. The highest BCUT2D eigenvalue weighted by molar-refractivity contribution is 5.76. The Hall–Kier alpha value is -2.77. The summed E-state index contributed by atoms with van der Waals surface area (Å²) in [6, 6.07) is 0.0462. The summed E-state index contributed by atoms with van der Waals surface area (Å²) in [5.41, 5.74) is 0.814. The van der Waals surface area contributed by atoms with Crippen LogP contribution in [-0.2, 0) is 0 Å². The summed E-state index contributed by atoms with van der Waals surface area (Å²) >= 11 is 0. The third-order valence-electron chi connectivity index (χ3n) is 4.46. The molecule has 1 amide bonds. The number of hydrogen-bond donors (Lipinski definition) is 2. The number of nitrogens with zero attached hydrogens (tertiary/aromatic N) is 4. The molecule has 23 heavy (non-hydrogen) atoms. The summed E-state index contributed by atoms with van der Waals surface area (Å²) < 4.78 is 3.30. The van der Waals surface area contributed by atoms with Crippen LogP contribution in [0.25, 0.3) is 6.08 Å². The first-order chi connectivity index (χ1) is 11.2. The molecule has 0 bridgehead atoms. The van der Waals surface area contributed by atoms with E-state index in [0.717, 1.165) is 30.9 Å². The van der Waals surface area contributed by atoms with E-state index in [1.54, 1.807) is 17.3 Å². The minimum absolute atomic E-state index is 0.0639. The van der Waals surface area contributed by atoms with E-state index >= 15 is 0 Å². The van der Waals surface area contributed by atoms with Gasteiger partial charge in [-0.3, -0.25) is 14.1 Å². The number of carbonyl (C=O) groups excluding carboxylic acids is 1. The molecule has 0 spiro atoms. The number of fused-ring (bicyclic) bond motifs is 1. The van der Waals surface area contributed by atoms with Crippen molar-refractivity contribution in [1.29, 1.82) is 0 Å². The Kier molecular flexibility index (Phi) is 3.29. The van der Waals surface area contributed by atoms with Crippen LogP contribution >= 0.6 is 0 Å². The van der Waals surface area contributed by atoms with Gasteiger partial charge < -0.3 is 10.2 Å². The number of rotatable bonds is 1. The molecule has 0 saturated carbocycles. The maximum absolute atomic E-state index is 12.3. The molecule has 4 heterocycles. The first-order valence-electron chi connectivity index (χ1n) is 7.76. The van der Waals surface area contributed by atoms with Gasteiger partial charge in [-0.05, 0) is 18.9 Å². The molecule has 8 heteroatoms. The van der Waals surface area contributed by atoms with E-state index in [9.17, 15) is 9.59 Å². The largest absolute Gasteiger partial charge is 0.366 e. The van der Waals surface area contributed by atoms with Crippen molar-refractivity contribution < 1.29 is 4.79 Å². The Balaban J connectivity index is 1.51. The normalized spacial score (nSPS) is 17.8. The number of aromatic amines is 1. The van der Waals surface area contributed by atoms with E-state index in [1.807, 2.05) is 16.7 Å². The summed E-state index contributed by atoms with van der Waals surface area (Å²) in [6.07, 6.45) is 10.3. The maximum Gasteiger partial charge on any atom is 0.329 e. The van der Waals surface area contributed by atoms with Crippen molar-refractivity contribution in [3.63, 3.8) is 0 Å². The molecule has 4 rings (SSSR count). The van der Waals surface area contributed by atoms with Crippen molar-refractivity contribution >= 4 is 17.9 Å². The summed E-state index contributed by atoms with van der Waals surface area (Å²) in [6.45, 7) is 1.99. The van der Waals surface area contributed by atoms with Crippen LogP contribution in [0.1, 0.15) is 24.6 Å². The average Bonchev–Trinajstić information content (AvgIpc) is 3.21. The third-order valence-corrected chi connectivity index (χ3v) is 4.46. The Bertz CT molecular complexity index is 793. The van der Waals surface area contributed by atoms with E-state index in [0.29, 0.717) is 13.1 Å². The minimum Gasteiger partial charge on any atom is -0.366 e. The number of H-pyrrole nitrogens is 1. The van der Waals surface area contributed by atoms with Gasteiger partial charge >= 0.3 is 11.7 Å². The minimum atomic E-state index is -0.0894. The molecule has 2 aromatic rings. The number of carbonyl (C=O) groups is 1. The quantitative estimate of drug-likeness (QED) is 0.825. The van der Waals surface area contributed by atoms with Crippen molar-refractivity contribution in [3.8, 4) is 0 Å². The second-order valence-electron chi connectivity index (χ2n) is 5.81. The van der Waals surface area contributed by atoms with E-state index < -0.39 is 0 Å². The van der Waals surface area contributed by atoms with Crippen molar-refractivity contribution in [2.45, 2.75) is 18.9 Å². The van der Waals surface area contributed by atoms with Crippen LogP contribution in [0.5, 0.6) is 0 Å². The van der Waals surface area contributed by atoms with E-state index in [-0.39, 0.29) is 17.8 Å². The highest BCUT2D eigenvalue weighted by Crippen LogP contribution is 2.27. The van der Waals surface area contributed by atoms with Gasteiger partial charge in [0.05, 0.1) is 5.69 Å². The van der Waals surface area contributed by atoms with Crippen LogP contribution in [0, 0.1) is 0 Å². The van der Waals surface area contributed by atoms with Gasteiger partial charge in [-0.1, -0.05) is 6.08 Å². The van der Waals surface area contributed by atoms with Crippen LogP contribution in [0.2, 0.25) is 0 Å². The van der Waals surface area contributed by atoms with Crippen molar-refractivity contribution in [2.75, 3.05) is 25.0 Å². The zero-order valence-electron chi connectivity index (χ0n) is 12.6. The van der Waals surface area contributed by atoms with Gasteiger partial charge in [0.25, 0.3) is 0 Å².